The average molecular weight is 289 g/mol. The molecule has 2 aromatic heterocycles. The Morgan fingerprint density at radius 3 is 3.05 bits per heavy atom. The minimum absolute atomic E-state index is 0.0130. The first-order chi connectivity index (χ1) is 10.1. The van der Waals surface area contributed by atoms with Crippen LogP contribution in [-0.4, -0.2) is 55.3 Å². The molecule has 1 amide bonds. The Hall–Kier alpha value is -2.15. The minimum Gasteiger partial charge on any atom is -0.391 e. The third kappa shape index (κ3) is 3.13. The Morgan fingerprint density at radius 1 is 1.52 bits per heavy atom. The highest BCUT2D eigenvalue weighted by Crippen LogP contribution is 2.21. The van der Waals surface area contributed by atoms with Crippen LogP contribution in [0.5, 0.6) is 0 Å². The number of carbonyl (C=O) groups is 1. The van der Waals surface area contributed by atoms with Gasteiger partial charge in [-0.3, -0.25) is 9.89 Å². The van der Waals surface area contributed by atoms with E-state index in [1.165, 1.54) is 0 Å². The van der Waals surface area contributed by atoms with E-state index in [1.807, 2.05) is 13.0 Å². The molecule has 2 aromatic rings. The maximum atomic E-state index is 12.2. The molecule has 2 atom stereocenters. The Kier molecular flexibility index (Phi) is 3.74. The third-order valence-electron chi connectivity index (χ3n) is 3.89. The normalized spacial score (nSPS) is 21.9. The lowest BCUT2D eigenvalue weighted by Gasteiger charge is -2.15. The van der Waals surface area contributed by atoms with Gasteiger partial charge >= 0.3 is 0 Å². The predicted octanol–water partition coefficient (Wildman–Crippen LogP) is 0.0457. The maximum Gasteiger partial charge on any atom is 0.228 e. The molecular weight excluding hydrogens is 270 g/mol. The summed E-state index contributed by atoms with van der Waals surface area (Å²) in [4.78, 5) is 20.7. The van der Waals surface area contributed by atoms with Crippen LogP contribution in [0, 0.1) is 12.8 Å². The highest BCUT2D eigenvalue weighted by Gasteiger charge is 2.34. The summed E-state index contributed by atoms with van der Waals surface area (Å²) in [6.45, 7) is 2.91. The number of aromatic amines is 2. The van der Waals surface area contributed by atoms with Crippen molar-refractivity contribution in [2.45, 2.75) is 25.9 Å². The Bertz CT molecular complexity index is 607. The first kappa shape index (κ1) is 13.8. The lowest BCUT2D eigenvalue weighted by Crippen LogP contribution is -2.31. The lowest BCUT2D eigenvalue weighted by molar-refractivity contribution is -0.129. The van der Waals surface area contributed by atoms with Crippen molar-refractivity contribution in [2.75, 3.05) is 13.1 Å². The number of rotatable bonds is 4. The van der Waals surface area contributed by atoms with Crippen LogP contribution in [0.25, 0.3) is 0 Å². The first-order valence-electron chi connectivity index (χ1n) is 7.06. The van der Waals surface area contributed by atoms with E-state index < -0.39 is 6.10 Å². The molecule has 0 saturated carbocycles. The molecule has 112 valence electrons. The summed E-state index contributed by atoms with van der Waals surface area (Å²) in [7, 11) is 0. The van der Waals surface area contributed by atoms with Crippen molar-refractivity contribution in [1.29, 1.82) is 0 Å². The van der Waals surface area contributed by atoms with Crippen LogP contribution in [0.1, 0.15) is 17.1 Å². The first-order valence-corrected chi connectivity index (χ1v) is 7.06. The molecule has 0 radical (unpaired) electrons. The van der Waals surface area contributed by atoms with Crippen molar-refractivity contribution in [3.05, 3.63) is 35.7 Å². The molecule has 0 bridgehead atoms. The second-order valence-corrected chi connectivity index (χ2v) is 5.63. The molecule has 3 N–H and O–H groups in total. The van der Waals surface area contributed by atoms with E-state index in [-0.39, 0.29) is 11.8 Å². The van der Waals surface area contributed by atoms with Crippen LogP contribution in [0.3, 0.4) is 0 Å². The van der Waals surface area contributed by atoms with E-state index in [1.54, 1.807) is 17.4 Å². The topological polar surface area (TPSA) is 97.9 Å². The standard InChI is InChI=1S/C14H19N5O2/c1-9-2-11(18-17-9)3-10-6-19(7-13(10)20)14(21)4-12-5-15-8-16-12/h2,5,8,10,13,20H,3-4,6-7H2,1H3,(H,15,16)(H,17,18)/t10-,13+/m1/s1. The quantitative estimate of drug-likeness (QED) is 0.740. The molecule has 3 rings (SSSR count). The van der Waals surface area contributed by atoms with Gasteiger partial charge in [0.05, 0.1) is 24.5 Å². The van der Waals surface area contributed by atoms with E-state index in [2.05, 4.69) is 20.2 Å². The predicted molar refractivity (Wildman–Crippen MR) is 75.4 cm³/mol. The number of aryl methyl sites for hydroxylation is 1. The fourth-order valence-electron chi connectivity index (χ4n) is 2.76. The van der Waals surface area contributed by atoms with Crippen molar-refractivity contribution < 1.29 is 9.90 Å². The minimum atomic E-state index is -0.493. The van der Waals surface area contributed by atoms with Crippen LogP contribution in [0.2, 0.25) is 0 Å². The SMILES string of the molecule is Cc1cc(C[C@@H]2CN(C(=O)Cc3cnc[nH]3)C[C@@H]2O)n[nH]1. The number of nitrogens with zero attached hydrogens (tertiary/aromatic N) is 3. The fraction of sp³-hybridized carbons (Fsp3) is 0.500. The number of carbonyl (C=O) groups excluding carboxylic acids is 1. The van der Waals surface area contributed by atoms with Gasteiger partial charge in [0, 0.05) is 36.6 Å². The zero-order valence-corrected chi connectivity index (χ0v) is 11.9. The second kappa shape index (κ2) is 5.69. The van der Waals surface area contributed by atoms with Crippen molar-refractivity contribution in [3.8, 4) is 0 Å². The summed E-state index contributed by atoms with van der Waals surface area (Å²) >= 11 is 0. The van der Waals surface area contributed by atoms with Gasteiger partial charge in [-0.25, -0.2) is 4.98 Å². The molecule has 7 heteroatoms. The van der Waals surface area contributed by atoms with Crippen LogP contribution in [0.15, 0.2) is 18.6 Å². The molecule has 1 fully saturated rings. The molecule has 7 nitrogen and oxygen atoms in total. The van der Waals surface area contributed by atoms with Crippen LogP contribution >= 0.6 is 0 Å². The summed E-state index contributed by atoms with van der Waals surface area (Å²) in [5, 5.41) is 17.2. The van der Waals surface area contributed by atoms with E-state index in [0.29, 0.717) is 25.9 Å². The molecule has 0 unspecified atom stereocenters. The van der Waals surface area contributed by atoms with E-state index in [4.69, 9.17) is 0 Å². The van der Waals surface area contributed by atoms with Gasteiger partial charge in [0.1, 0.15) is 0 Å². The smallest absolute Gasteiger partial charge is 0.228 e. The van der Waals surface area contributed by atoms with Crippen molar-refractivity contribution in [3.63, 3.8) is 0 Å². The number of hydrogen-bond donors (Lipinski definition) is 3. The highest BCUT2D eigenvalue weighted by atomic mass is 16.3. The van der Waals surface area contributed by atoms with Gasteiger partial charge in [0.25, 0.3) is 0 Å². The number of nitrogens with one attached hydrogen (secondary N) is 2. The van der Waals surface area contributed by atoms with Crippen LogP contribution < -0.4 is 0 Å². The summed E-state index contributed by atoms with van der Waals surface area (Å²) in [6.07, 6.45) is 3.69. The zero-order valence-electron chi connectivity index (χ0n) is 11.9. The number of aliphatic hydroxyl groups is 1. The monoisotopic (exact) mass is 289 g/mol. The van der Waals surface area contributed by atoms with Gasteiger partial charge in [0.2, 0.25) is 5.91 Å². The Balaban J connectivity index is 1.58. The molecule has 0 aromatic carbocycles. The lowest BCUT2D eigenvalue weighted by atomic mass is 10.0. The number of hydrogen-bond acceptors (Lipinski definition) is 4. The average Bonchev–Trinajstić information content (AvgIpc) is 3.14. The van der Waals surface area contributed by atoms with E-state index >= 15 is 0 Å². The van der Waals surface area contributed by atoms with E-state index in [9.17, 15) is 9.90 Å². The van der Waals surface area contributed by atoms with Gasteiger partial charge in [-0.1, -0.05) is 0 Å². The van der Waals surface area contributed by atoms with Crippen molar-refractivity contribution in [2.24, 2.45) is 5.92 Å². The number of aliphatic hydroxyl groups excluding tert-OH is 1. The molecule has 1 aliphatic rings. The molecule has 0 aliphatic carbocycles. The molecule has 1 saturated heterocycles. The second-order valence-electron chi connectivity index (χ2n) is 5.63. The number of imidazole rings is 1. The summed E-state index contributed by atoms with van der Waals surface area (Å²) in [6, 6.07) is 1.97. The Labute approximate surface area is 122 Å². The molecule has 1 aliphatic heterocycles. The molecule has 21 heavy (non-hydrogen) atoms. The van der Waals surface area contributed by atoms with Gasteiger partial charge in [0.15, 0.2) is 0 Å². The van der Waals surface area contributed by atoms with Gasteiger partial charge in [-0.15, -0.1) is 0 Å². The van der Waals surface area contributed by atoms with Gasteiger partial charge in [-0.05, 0) is 19.4 Å². The number of amides is 1. The summed E-state index contributed by atoms with van der Waals surface area (Å²) in [5.74, 6) is 0.0532. The summed E-state index contributed by atoms with van der Waals surface area (Å²) in [5.41, 5.74) is 2.73. The number of β-amino-alcohol motifs (C(OH)–C–C–N with tert-alkyl or cyclic N) is 1. The van der Waals surface area contributed by atoms with Gasteiger partial charge in [-0.2, -0.15) is 5.10 Å². The molecular formula is C14H19N5O2. The van der Waals surface area contributed by atoms with Crippen LogP contribution in [-0.2, 0) is 17.6 Å². The largest absolute Gasteiger partial charge is 0.391 e. The van der Waals surface area contributed by atoms with E-state index in [0.717, 1.165) is 17.1 Å². The number of H-pyrrole nitrogens is 2. The fourth-order valence-corrected chi connectivity index (χ4v) is 2.76. The van der Waals surface area contributed by atoms with Gasteiger partial charge < -0.3 is 15.0 Å². The molecule has 0 spiro atoms. The third-order valence-corrected chi connectivity index (χ3v) is 3.89. The maximum absolute atomic E-state index is 12.2. The summed E-state index contributed by atoms with van der Waals surface area (Å²) < 4.78 is 0. The van der Waals surface area contributed by atoms with Crippen molar-refractivity contribution >= 4 is 5.91 Å². The Morgan fingerprint density at radius 2 is 2.38 bits per heavy atom. The number of likely N-dealkylation sites (tertiary alicyclic amines) is 1. The van der Waals surface area contributed by atoms with Crippen molar-refractivity contribution in [1.82, 2.24) is 25.1 Å². The zero-order chi connectivity index (χ0) is 14.8. The number of aromatic nitrogens is 4. The highest BCUT2D eigenvalue weighted by molar-refractivity contribution is 5.78. The molecule has 3 heterocycles. The van der Waals surface area contributed by atoms with Crippen LogP contribution in [0.4, 0.5) is 0 Å².